The Balaban J connectivity index is 1.96. The summed E-state index contributed by atoms with van der Waals surface area (Å²) in [5, 5.41) is 11.5. The van der Waals surface area contributed by atoms with Crippen molar-refractivity contribution in [3.8, 4) is 0 Å². The van der Waals surface area contributed by atoms with Crippen LogP contribution in [0.5, 0.6) is 0 Å². The number of carbonyl (C=O) groups excluding carboxylic acids is 1. The van der Waals surface area contributed by atoms with E-state index in [1.54, 1.807) is 6.92 Å². The molecule has 0 radical (unpaired) electrons. The summed E-state index contributed by atoms with van der Waals surface area (Å²) in [5.74, 6) is -2.26. The number of rotatable bonds is 8. The van der Waals surface area contributed by atoms with Crippen molar-refractivity contribution < 1.29 is 13.6 Å². The first kappa shape index (κ1) is 17.8. The Hall–Kier alpha value is -1.54. The van der Waals surface area contributed by atoms with Crippen LogP contribution in [0.4, 0.5) is 13.9 Å². The van der Waals surface area contributed by atoms with Gasteiger partial charge >= 0.3 is 0 Å². The van der Waals surface area contributed by atoms with E-state index >= 15 is 0 Å². The van der Waals surface area contributed by atoms with E-state index in [1.165, 1.54) is 29.2 Å². The van der Waals surface area contributed by atoms with Crippen LogP contribution in [0, 0.1) is 11.6 Å². The highest BCUT2D eigenvalue weighted by molar-refractivity contribution is 8.02. The average Bonchev–Trinajstić information content (AvgIpc) is 2.97. The molecule has 1 unspecified atom stereocenters. The normalized spacial score (nSPS) is 12.2. The second-order valence-corrected chi connectivity index (χ2v) is 7.47. The van der Waals surface area contributed by atoms with Crippen LogP contribution in [0.15, 0.2) is 22.5 Å². The number of Topliss-reactive ketones (excluding diaryl/α,β-unsaturated/α-hetero) is 1. The minimum absolute atomic E-state index is 0.148. The van der Waals surface area contributed by atoms with E-state index in [0.29, 0.717) is 9.47 Å². The zero-order valence-electron chi connectivity index (χ0n) is 12.8. The highest BCUT2D eigenvalue weighted by atomic mass is 32.2. The molecule has 1 aromatic carbocycles. The first-order valence-corrected chi connectivity index (χ1v) is 8.94. The smallest absolute Gasteiger partial charge is 0.206 e. The number of carbonyl (C=O) groups is 1. The zero-order chi connectivity index (χ0) is 16.8. The second-order valence-electron chi connectivity index (χ2n) is 4.91. The predicted molar refractivity (Wildman–Crippen MR) is 89.3 cm³/mol. The lowest BCUT2D eigenvalue weighted by Crippen LogP contribution is -2.13. The number of aromatic nitrogens is 2. The molecule has 0 saturated heterocycles. The summed E-state index contributed by atoms with van der Waals surface area (Å²) in [6, 6.07) is 3.17. The summed E-state index contributed by atoms with van der Waals surface area (Å²) < 4.78 is 26.8. The van der Waals surface area contributed by atoms with Gasteiger partial charge < -0.3 is 5.32 Å². The maximum atomic E-state index is 13.2. The fraction of sp³-hybridized carbons (Fsp3) is 0.400. The van der Waals surface area contributed by atoms with Crippen LogP contribution in [0.1, 0.15) is 37.0 Å². The van der Waals surface area contributed by atoms with Crippen LogP contribution < -0.4 is 5.32 Å². The molecule has 1 atom stereocenters. The lowest BCUT2D eigenvalue weighted by molar-refractivity contribution is 0.0993. The molecule has 2 rings (SSSR count). The van der Waals surface area contributed by atoms with Gasteiger partial charge in [-0.05, 0) is 31.5 Å². The molecule has 23 heavy (non-hydrogen) atoms. The lowest BCUT2D eigenvalue weighted by atomic mass is 10.1. The molecule has 0 amide bonds. The van der Waals surface area contributed by atoms with Gasteiger partial charge in [0.05, 0.1) is 5.25 Å². The molecule has 1 aromatic heterocycles. The third-order valence-electron chi connectivity index (χ3n) is 3.06. The Labute approximate surface area is 141 Å². The molecule has 1 heterocycles. The third kappa shape index (κ3) is 4.97. The third-order valence-corrected chi connectivity index (χ3v) is 5.13. The molecule has 0 saturated carbocycles. The topological polar surface area (TPSA) is 54.9 Å². The Kier molecular flexibility index (Phi) is 6.47. The average molecular weight is 357 g/mol. The summed E-state index contributed by atoms with van der Waals surface area (Å²) in [6.45, 7) is 4.65. The Bertz CT molecular complexity index is 678. The van der Waals surface area contributed by atoms with Crippen molar-refractivity contribution in [3.63, 3.8) is 0 Å². The molecule has 0 spiro atoms. The molecule has 4 nitrogen and oxygen atoms in total. The van der Waals surface area contributed by atoms with E-state index in [4.69, 9.17) is 0 Å². The predicted octanol–water partition coefficient (Wildman–Crippen LogP) is 4.39. The van der Waals surface area contributed by atoms with Crippen LogP contribution in [0.3, 0.4) is 0 Å². The minimum atomic E-state index is -1.02. The van der Waals surface area contributed by atoms with Gasteiger partial charge in [0.1, 0.15) is 0 Å². The number of thioether (sulfide) groups is 1. The number of hydrogen-bond donors (Lipinski definition) is 1. The van der Waals surface area contributed by atoms with Gasteiger partial charge in [0.25, 0.3) is 0 Å². The Morgan fingerprint density at radius 2 is 2.13 bits per heavy atom. The highest BCUT2D eigenvalue weighted by Gasteiger charge is 2.20. The Morgan fingerprint density at radius 1 is 1.35 bits per heavy atom. The number of unbranched alkanes of at least 4 members (excludes halogenated alkanes) is 1. The standard InChI is InChI=1S/C15H17F2N3OS2/c1-3-4-7-18-14-19-20-15(23-14)22-9(2)13(21)10-5-6-11(16)12(17)8-10/h5-6,8-9H,3-4,7H2,1-2H3,(H,18,19). The summed E-state index contributed by atoms with van der Waals surface area (Å²) in [6.07, 6.45) is 2.14. The first-order valence-electron chi connectivity index (χ1n) is 7.24. The molecule has 0 aliphatic carbocycles. The number of anilines is 1. The van der Waals surface area contributed by atoms with Gasteiger partial charge in [-0.25, -0.2) is 8.78 Å². The number of benzene rings is 1. The molecule has 2 aromatic rings. The van der Waals surface area contributed by atoms with Gasteiger partial charge in [-0.2, -0.15) is 0 Å². The van der Waals surface area contributed by atoms with Gasteiger partial charge in [-0.3, -0.25) is 4.79 Å². The quantitative estimate of drug-likeness (QED) is 0.431. The monoisotopic (exact) mass is 357 g/mol. The molecule has 8 heteroatoms. The van der Waals surface area contributed by atoms with Crippen molar-refractivity contribution in [2.45, 2.75) is 36.3 Å². The molecule has 0 aliphatic heterocycles. The van der Waals surface area contributed by atoms with Crippen LogP contribution in [-0.2, 0) is 0 Å². The zero-order valence-corrected chi connectivity index (χ0v) is 14.4. The Morgan fingerprint density at radius 3 is 2.83 bits per heavy atom. The molecule has 0 bridgehead atoms. The minimum Gasteiger partial charge on any atom is -0.360 e. The van der Waals surface area contributed by atoms with E-state index in [1.807, 2.05) is 0 Å². The van der Waals surface area contributed by atoms with Crippen LogP contribution in [0.25, 0.3) is 0 Å². The highest BCUT2D eigenvalue weighted by Crippen LogP contribution is 2.30. The van der Waals surface area contributed by atoms with Crippen molar-refractivity contribution >= 4 is 34.0 Å². The molecular weight excluding hydrogens is 340 g/mol. The van der Waals surface area contributed by atoms with Crippen molar-refractivity contribution in [1.29, 1.82) is 0 Å². The molecular formula is C15H17F2N3OS2. The van der Waals surface area contributed by atoms with E-state index in [2.05, 4.69) is 22.4 Å². The summed E-state index contributed by atoms with van der Waals surface area (Å²) in [7, 11) is 0. The largest absolute Gasteiger partial charge is 0.360 e. The number of nitrogens with one attached hydrogen (secondary N) is 1. The first-order chi connectivity index (χ1) is 11.0. The van der Waals surface area contributed by atoms with Gasteiger partial charge in [0, 0.05) is 12.1 Å². The summed E-state index contributed by atoms with van der Waals surface area (Å²) in [5.41, 5.74) is 0.148. The summed E-state index contributed by atoms with van der Waals surface area (Å²) in [4.78, 5) is 12.3. The fourth-order valence-electron chi connectivity index (χ4n) is 1.79. The number of halogens is 2. The van der Waals surface area contributed by atoms with Crippen molar-refractivity contribution in [2.24, 2.45) is 0 Å². The molecule has 0 fully saturated rings. The van der Waals surface area contributed by atoms with Crippen molar-refractivity contribution in [3.05, 3.63) is 35.4 Å². The van der Waals surface area contributed by atoms with Crippen molar-refractivity contribution in [2.75, 3.05) is 11.9 Å². The van der Waals surface area contributed by atoms with Gasteiger partial charge in [-0.1, -0.05) is 36.4 Å². The maximum Gasteiger partial charge on any atom is 0.206 e. The summed E-state index contributed by atoms with van der Waals surface area (Å²) >= 11 is 2.63. The maximum absolute atomic E-state index is 13.2. The van der Waals surface area contributed by atoms with Gasteiger partial charge in [0.15, 0.2) is 21.8 Å². The van der Waals surface area contributed by atoms with Crippen molar-refractivity contribution in [1.82, 2.24) is 10.2 Å². The lowest BCUT2D eigenvalue weighted by Gasteiger charge is -2.08. The molecule has 0 aliphatic rings. The van der Waals surface area contributed by atoms with E-state index in [9.17, 15) is 13.6 Å². The van der Waals surface area contributed by atoms with Crippen LogP contribution >= 0.6 is 23.1 Å². The molecule has 124 valence electrons. The van der Waals surface area contributed by atoms with Crippen LogP contribution in [-0.4, -0.2) is 27.8 Å². The van der Waals surface area contributed by atoms with Crippen LogP contribution in [0.2, 0.25) is 0 Å². The SMILES string of the molecule is CCCCNc1nnc(SC(C)C(=O)c2ccc(F)c(F)c2)s1. The number of hydrogen-bond acceptors (Lipinski definition) is 6. The van der Waals surface area contributed by atoms with Gasteiger partial charge in [0.2, 0.25) is 5.13 Å². The van der Waals surface area contributed by atoms with Gasteiger partial charge in [-0.15, -0.1) is 10.2 Å². The second kappa shape index (κ2) is 8.35. The van der Waals surface area contributed by atoms with E-state index in [-0.39, 0.29) is 11.3 Å². The van der Waals surface area contributed by atoms with E-state index in [0.717, 1.165) is 31.5 Å². The number of nitrogens with zero attached hydrogens (tertiary/aromatic N) is 2. The van der Waals surface area contributed by atoms with E-state index < -0.39 is 16.9 Å². The fourth-order valence-corrected chi connectivity index (χ4v) is 3.79. The number of ketones is 1. The molecule has 1 N–H and O–H groups in total.